The second-order valence-corrected chi connectivity index (χ2v) is 4.17. The van der Waals surface area contributed by atoms with Crippen LogP contribution in [0.5, 0.6) is 0 Å². The molecule has 3 heterocycles. The number of nitrogens with zero attached hydrogens (tertiary/aromatic N) is 3. The molecule has 6 nitrogen and oxygen atoms in total. The van der Waals surface area contributed by atoms with Gasteiger partial charge in [0.05, 0.1) is 5.69 Å². The van der Waals surface area contributed by atoms with Crippen molar-refractivity contribution in [3.05, 3.63) is 11.3 Å². The van der Waals surface area contributed by atoms with Gasteiger partial charge >= 0.3 is 0 Å². The largest absolute Gasteiger partial charge is 0.368 e. The van der Waals surface area contributed by atoms with Gasteiger partial charge in [0.25, 0.3) is 0 Å². The van der Waals surface area contributed by atoms with Crippen molar-refractivity contribution in [1.82, 2.24) is 20.6 Å². The van der Waals surface area contributed by atoms with E-state index in [1.165, 1.54) is 5.56 Å². The highest BCUT2D eigenvalue weighted by atomic mass is 15.3. The summed E-state index contributed by atoms with van der Waals surface area (Å²) in [5.41, 5.74) is 8.02. The maximum absolute atomic E-state index is 5.75. The van der Waals surface area contributed by atoms with Crippen LogP contribution in [0.1, 0.15) is 11.3 Å². The standard InChI is InChI=1S/C10H16N6/c11-10-14-8-6-13-5-7(8)9(15-10)16-3-1-12-2-4-16/h12-13H,1-6H2,(H2,11,14,15). The topological polar surface area (TPSA) is 79.1 Å². The summed E-state index contributed by atoms with van der Waals surface area (Å²) in [6, 6.07) is 0. The van der Waals surface area contributed by atoms with Crippen LogP contribution in [0.15, 0.2) is 0 Å². The van der Waals surface area contributed by atoms with E-state index in [9.17, 15) is 0 Å². The highest BCUT2D eigenvalue weighted by Gasteiger charge is 2.22. The Labute approximate surface area is 94.2 Å². The molecule has 4 N–H and O–H groups in total. The first-order chi connectivity index (χ1) is 7.84. The molecule has 0 amide bonds. The zero-order valence-corrected chi connectivity index (χ0v) is 9.16. The van der Waals surface area contributed by atoms with E-state index in [0.717, 1.165) is 50.8 Å². The molecule has 1 saturated heterocycles. The number of piperazine rings is 1. The van der Waals surface area contributed by atoms with Crippen molar-refractivity contribution in [3.63, 3.8) is 0 Å². The van der Waals surface area contributed by atoms with Crippen LogP contribution in [-0.2, 0) is 13.1 Å². The van der Waals surface area contributed by atoms with Crippen LogP contribution in [0, 0.1) is 0 Å². The summed E-state index contributed by atoms with van der Waals surface area (Å²) in [6.07, 6.45) is 0. The molecule has 2 aliphatic rings. The van der Waals surface area contributed by atoms with E-state index < -0.39 is 0 Å². The van der Waals surface area contributed by atoms with Gasteiger partial charge in [0, 0.05) is 44.8 Å². The lowest BCUT2D eigenvalue weighted by atomic mass is 10.2. The first-order valence-electron chi connectivity index (χ1n) is 5.66. The van der Waals surface area contributed by atoms with Gasteiger partial charge < -0.3 is 21.3 Å². The zero-order valence-electron chi connectivity index (χ0n) is 9.16. The van der Waals surface area contributed by atoms with Gasteiger partial charge in [0.15, 0.2) is 0 Å². The maximum atomic E-state index is 5.75. The Morgan fingerprint density at radius 1 is 1.06 bits per heavy atom. The number of hydrogen-bond donors (Lipinski definition) is 3. The van der Waals surface area contributed by atoms with Crippen molar-refractivity contribution in [2.75, 3.05) is 36.8 Å². The lowest BCUT2D eigenvalue weighted by Gasteiger charge is -2.29. The van der Waals surface area contributed by atoms with Gasteiger partial charge in [-0.2, -0.15) is 4.98 Å². The number of nitrogens with two attached hydrogens (primary N) is 1. The minimum Gasteiger partial charge on any atom is -0.368 e. The smallest absolute Gasteiger partial charge is 0.222 e. The summed E-state index contributed by atoms with van der Waals surface area (Å²) in [4.78, 5) is 11.0. The Morgan fingerprint density at radius 2 is 1.88 bits per heavy atom. The predicted molar refractivity (Wildman–Crippen MR) is 62.1 cm³/mol. The van der Waals surface area contributed by atoms with E-state index >= 15 is 0 Å². The Morgan fingerprint density at radius 3 is 2.69 bits per heavy atom. The molecule has 3 rings (SSSR count). The van der Waals surface area contributed by atoms with Crippen LogP contribution in [0.4, 0.5) is 11.8 Å². The molecule has 0 aromatic carbocycles. The molecule has 0 atom stereocenters. The molecule has 2 aliphatic heterocycles. The van der Waals surface area contributed by atoms with Crippen molar-refractivity contribution in [2.45, 2.75) is 13.1 Å². The second kappa shape index (κ2) is 3.88. The van der Waals surface area contributed by atoms with Crippen LogP contribution in [0.25, 0.3) is 0 Å². The van der Waals surface area contributed by atoms with E-state index in [2.05, 4.69) is 25.5 Å². The fourth-order valence-electron chi connectivity index (χ4n) is 2.31. The third kappa shape index (κ3) is 1.60. The van der Waals surface area contributed by atoms with E-state index in [4.69, 9.17) is 5.73 Å². The monoisotopic (exact) mass is 220 g/mol. The minimum atomic E-state index is 0.385. The fraction of sp³-hybridized carbons (Fsp3) is 0.600. The molecule has 0 radical (unpaired) electrons. The third-order valence-electron chi connectivity index (χ3n) is 3.10. The number of rotatable bonds is 1. The number of aromatic nitrogens is 2. The quantitative estimate of drug-likeness (QED) is 0.567. The molecular formula is C10H16N6. The van der Waals surface area contributed by atoms with Gasteiger partial charge in [-0.1, -0.05) is 0 Å². The van der Waals surface area contributed by atoms with Crippen molar-refractivity contribution < 1.29 is 0 Å². The SMILES string of the molecule is Nc1nc2c(c(N3CCNCC3)n1)CNC2. The summed E-state index contributed by atoms with van der Waals surface area (Å²) < 4.78 is 0. The Kier molecular flexibility index (Phi) is 2.37. The van der Waals surface area contributed by atoms with Crippen molar-refractivity contribution in [3.8, 4) is 0 Å². The molecule has 0 aliphatic carbocycles. The zero-order chi connectivity index (χ0) is 11.0. The Bertz CT molecular complexity index is 399. The van der Waals surface area contributed by atoms with Gasteiger partial charge in [-0.05, 0) is 0 Å². The van der Waals surface area contributed by atoms with Crippen LogP contribution in [-0.4, -0.2) is 36.1 Å². The molecular weight excluding hydrogens is 204 g/mol. The average molecular weight is 220 g/mol. The number of hydrogen-bond acceptors (Lipinski definition) is 6. The minimum absolute atomic E-state index is 0.385. The first-order valence-corrected chi connectivity index (χ1v) is 5.66. The van der Waals surface area contributed by atoms with E-state index in [1.54, 1.807) is 0 Å². The Balaban J connectivity index is 1.99. The number of fused-ring (bicyclic) bond motifs is 1. The van der Waals surface area contributed by atoms with Crippen LogP contribution < -0.4 is 21.3 Å². The van der Waals surface area contributed by atoms with Gasteiger partial charge in [0.1, 0.15) is 5.82 Å². The number of anilines is 2. The molecule has 86 valence electrons. The van der Waals surface area contributed by atoms with Crippen LogP contribution in [0.3, 0.4) is 0 Å². The van der Waals surface area contributed by atoms with Gasteiger partial charge in [-0.3, -0.25) is 0 Å². The first kappa shape index (κ1) is 9.80. The van der Waals surface area contributed by atoms with Gasteiger partial charge in [-0.15, -0.1) is 0 Å². The van der Waals surface area contributed by atoms with E-state index in [1.807, 2.05) is 0 Å². The molecule has 6 heteroatoms. The van der Waals surface area contributed by atoms with Crippen molar-refractivity contribution in [1.29, 1.82) is 0 Å². The third-order valence-corrected chi connectivity index (χ3v) is 3.10. The van der Waals surface area contributed by atoms with E-state index in [-0.39, 0.29) is 0 Å². The van der Waals surface area contributed by atoms with Crippen molar-refractivity contribution >= 4 is 11.8 Å². The van der Waals surface area contributed by atoms with E-state index in [0.29, 0.717) is 5.95 Å². The molecule has 16 heavy (non-hydrogen) atoms. The molecule has 1 aromatic heterocycles. The summed E-state index contributed by atoms with van der Waals surface area (Å²) >= 11 is 0. The average Bonchev–Trinajstić information content (AvgIpc) is 2.77. The summed E-state index contributed by atoms with van der Waals surface area (Å²) in [5, 5.41) is 6.63. The second-order valence-electron chi connectivity index (χ2n) is 4.17. The summed E-state index contributed by atoms with van der Waals surface area (Å²) in [5.74, 6) is 1.41. The molecule has 0 bridgehead atoms. The Hall–Kier alpha value is -1.40. The van der Waals surface area contributed by atoms with Crippen LogP contribution in [0.2, 0.25) is 0 Å². The summed E-state index contributed by atoms with van der Waals surface area (Å²) in [6.45, 7) is 5.65. The lowest BCUT2D eigenvalue weighted by Crippen LogP contribution is -2.44. The normalized spacial score (nSPS) is 19.9. The van der Waals surface area contributed by atoms with Gasteiger partial charge in [0.2, 0.25) is 5.95 Å². The van der Waals surface area contributed by atoms with Gasteiger partial charge in [-0.25, -0.2) is 4.98 Å². The van der Waals surface area contributed by atoms with Crippen molar-refractivity contribution in [2.24, 2.45) is 0 Å². The molecule has 0 unspecified atom stereocenters. The number of nitrogen functional groups attached to an aromatic ring is 1. The van der Waals surface area contributed by atoms with Crippen LogP contribution >= 0.6 is 0 Å². The fourth-order valence-corrected chi connectivity index (χ4v) is 2.31. The molecule has 1 aromatic rings. The number of nitrogens with one attached hydrogen (secondary N) is 2. The maximum Gasteiger partial charge on any atom is 0.222 e. The highest BCUT2D eigenvalue weighted by Crippen LogP contribution is 2.25. The molecule has 0 spiro atoms. The summed E-state index contributed by atoms with van der Waals surface area (Å²) in [7, 11) is 0. The molecule has 0 saturated carbocycles. The lowest BCUT2D eigenvalue weighted by molar-refractivity contribution is 0.583. The predicted octanol–water partition coefficient (Wildman–Crippen LogP) is -0.928. The molecule has 1 fully saturated rings. The highest BCUT2D eigenvalue weighted by molar-refractivity contribution is 5.53.